The number of para-hydroxylation sites is 1. The molecule has 21 heavy (non-hydrogen) atoms. The van der Waals surface area contributed by atoms with Crippen LogP contribution < -0.4 is 10.5 Å². The molecule has 0 atom stereocenters. The maximum absolute atomic E-state index is 12.7. The molecular formula is C13H17N3O4S. The maximum Gasteiger partial charge on any atom is 0.295 e. The van der Waals surface area contributed by atoms with E-state index in [0.717, 1.165) is 23.4 Å². The Kier molecular flexibility index (Phi) is 5.07. The molecule has 1 N–H and O–H groups in total. The van der Waals surface area contributed by atoms with Gasteiger partial charge >= 0.3 is 0 Å². The standard InChI is InChI=1S/C13H17N3O4S/c1-10-12(14(2)9-21-20-19-18)13(17)16(15(10)3)11-7-5-4-6-8-11/h4-8,18H,9H2,1-3H3. The topological polar surface area (TPSA) is 68.9 Å². The first kappa shape index (κ1) is 15.6. The molecule has 0 amide bonds. The van der Waals surface area contributed by atoms with Crippen LogP contribution in [0, 0.1) is 6.92 Å². The van der Waals surface area contributed by atoms with E-state index in [1.807, 2.05) is 44.3 Å². The second-order valence-electron chi connectivity index (χ2n) is 4.50. The summed E-state index contributed by atoms with van der Waals surface area (Å²) in [6, 6.07) is 9.43. The summed E-state index contributed by atoms with van der Waals surface area (Å²) in [7, 11) is 3.61. The number of hydrogen-bond donors (Lipinski definition) is 1. The van der Waals surface area contributed by atoms with Crippen molar-refractivity contribution in [2.45, 2.75) is 6.92 Å². The van der Waals surface area contributed by atoms with Gasteiger partial charge in [0, 0.05) is 14.1 Å². The molecule has 0 unspecified atom stereocenters. The largest absolute Gasteiger partial charge is 0.357 e. The zero-order chi connectivity index (χ0) is 15.4. The molecule has 0 radical (unpaired) electrons. The van der Waals surface area contributed by atoms with E-state index in [2.05, 4.69) is 9.37 Å². The molecule has 0 saturated carbocycles. The van der Waals surface area contributed by atoms with Gasteiger partial charge in [-0.15, -0.1) is 4.33 Å². The maximum atomic E-state index is 12.7. The Morgan fingerprint density at radius 3 is 2.62 bits per heavy atom. The minimum absolute atomic E-state index is 0.116. The van der Waals surface area contributed by atoms with E-state index in [4.69, 9.17) is 5.26 Å². The number of hydrogen-bond acceptors (Lipinski definition) is 6. The molecule has 2 rings (SSSR count). The van der Waals surface area contributed by atoms with Crippen molar-refractivity contribution >= 4 is 17.7 Å². The van der Waals surface area contributed by atoms with Gasteiger partial charge in [0.1, 0.15) is 5.69 Å². The lowest BCUT2D eigenvalue weighted by Gasteiger charge is -2.15. The fourth-order valence-electron chi connectivity index (χ4n) is 2.18. The van der Waals surface area contributed by atoms with Crippen LogP contribution in [-0.4, -0.2) is 27.5 Å². The van der Waals surface area contributed by atoms with Gasteiger partial charge in [0.25, 0.3) is 5.56 Å². The first-order valence-corrected chi connectivity index (χ1v) is 7.14. The van der Waals surface area contributed by atoms with Crippen LogP contribution in [0.1, 0.15) is 5.69 Å². The molecule has 0 saturated heterocycles. The predicted octanol–water partition coefficient (Wildman–Crippen LogP) is 1.95. The smallest absolute Gasteiger partial charge is 0.295 e. The minimum Gasteiger partial charge on any atom is -0.357 e. The molecule has 0 aliphatic heterocycles. The van der Waals surface area contributed by atoms with Gasteiger partial charge in [-0.3, -0.25) is 9.48 Å². The lowest BCUT2D eigenvalue weighted by molar-refractivity contribution is -0.432. The monoisotopic (exact) mass is 311 g/mol. The number of anilines is 1. The molecule has 0 fully saturated rings. The summed E-state index contributed by atoms with van der Waals surface area (Å²) >= 11 is 0.881. The predicted molar refractivity (Wildman–Crippen MR) is 81.4 cm³/mol. The minimum atomic E-state index is -0.116. The first-order chi connectivity index (χ1) is 10.1. The highest BCUT2D eigenvalue weighted by Gasteiger charge is 2.19. The number of benzene rings is 1. The van der Waals surface area contributed by atoms with E-state index in [9.17, 15) is 4.79 Å². The molecule has 7 nitrogen and oxygen atoms in total. The average molecular weight is 311 g/mol. The highest BCUT2D eigenvalue weighted by Crippen LogP contribution is 2.19. The van der Waals surface area contributed by atoms with Gasteiger partial charge in [0.15, 0.2) is 0 Å². The van der Waals surface area contributed by atoms with Crippen LogP contribution in [-0.2, 0) is 16.4 Å². The summed E-state index contributed by atoms with van der Waals surface area (Å²) in [4.78, 5) is 14.4. The lowest BCUT2D eigenvalue weighted by Crippen LogP contribution is -2.26. The zero-order valence-electron chi connectivity index (χ0n) is 12.0. The number of nitrogens with zero attached hydrogens (tertiary/aromatic N) is 3. The zero-order valence-corrected chi connectivity index (χ0v) is 12.8. The Morgan fingerprint density at radius 2 is 2.00 bits per heavy atom. The van der Waals surface area contributed by atoms with E-state index in [1.54, 1.807) is 21.3 Å². The summed E-state index contributed by atoms with van der Waals surface area (Å²) in [6.45, 7) is 1.88. The molecule has 2 aromatic rings. The van der Waals surface area contributed by atoms with E-state index in [0.29, 0.717) is 11.6 Å². The van der Waals surface area contributed by atoms with Crippen molar-refractivity contribution in [2.24, 2.45) is 7.05 Å². The fourth-order valence-corrected chi connectivity index (χ4v) is 2.55. The second-order valence-corrected chi connectivity index (χ2v) is 5.13. The van der Waals surface area contributed by atoms with Crippen LogP contribution in [0.5, 0.6) is 0 Å². The van der Waals surface area contributed by atoms with Crippen molar-refractivity contribution in [3.63, 3.8) is 0 Å². The molecule has 0 aliphatic rings. The van der Waals surface area contributed by atoms with Gasteiger partial charge in [-0.05, 0) is 19.1 Å². The van der Waals surface area contributed by atoms with Crippen molar-refractivity contribution in [1.29, 1.82) is 0 Å². The van der Waals surface area contributed by atoms with Crippen LogP contribution in [0.15, 0.2) is 35.1 Å². The van der Waals surface area contributed by atoms with Crippen molar-refractivity contribution in [3.8, 4) is 5.69 Å². The SMILES string of the molecule is Cc1c(N(C)CSOOO)c(=O)n(-c2ccccc2)n1C. The molecule has 1 aromatic heterocycles. The summed E-state index contributed by atoms with van der Waals surface area (Å²) < 4.78 is 7.75. The van der Waals surface area contributed by atoms with Crippen molar-refractivity contribution in [2.75, 3.05) is 17.8 Å². The average Bonchev–Trinajstić information content (AvgIpc) is 2.70. The van der Waals surface area contributed by atoms with Crippen molar-refractivity contribution < 1.29 is 14.6 Å². The second kappa shape index (κ2) is 6.81. The molecule has 0 bridgehead atoms. The number of rotatable bonds is 6. The van der Waals surface area contributed by atoms with Crippen molar-refractivity contribution in [1.82, 2.24) is 9.36 Å². The van der Waals surface area contributed by atoms with Gasteiger partial charge in [0.2, 0.25) is 0 Å². The Hall–Kier alpha value is -1.74. The van der Waals surface area contributed by atoms with Crippen LogP contribution in [0.2, 0.25) is 0 Å². The van der Waals surface area contributed by atoms with Gasteiger partial charge in [-0.1, -0.05) is 23.2 Å². The number of aromatic nitrogens is 2. The Labute approximate surface area is 126 Å². The molecular weight excluding hydrogens is 294 g/mol. The highest BCUT2D eigenvalue weighted by molar-refractivity contribution is 7.94. The van der Waals surface area contributed by atoms with E-state index in [-0.39, 0.29) is 5.56 Å². The van der Waals surface area contributed by atoms with Gasteiger partial charge in [0.05, 0.1) is 29.3 Å². The molecule has 1 aromatic carbocycles. The Morgan fingerprint density at radius 1 is 1.33 bits per heavy atom. The third kappa shape index (κ3) is 3.13. The summed E-state index contributed by atoms with van der Waals surface area (Å²) in [5.74, 6) is 0.329. The van der Waals surface area contributed by atoms with Gasteiger partial charge in [-0.25, -0.2) is 9.94 Å². The lowest BCUT2D eigenvalue weighted by atomic mass is 10.3. The van der Waals surface area contributed by atoms with E-state index >= 15 is 0 Å². The van der Waals surface area contributed by atoms with Gasteiger partial charge < -0.3 is 4.90 Å². The van der Waals surface area contributed by atoms with Gasteiger partial charge in [-0.2, -0.15) is 0 Å². The molecule has 114 valence electrons. The quantitative estimate of drug-likeness (QED) is 0.289. The van der Waals surface area contributed by atoms with Crippen LogP contribution in [0.4, 0.5) is 5.69 Å². The first-order valence-electron chi connectivity index (χ1n) is 6.22. The fraction of sp³-hybridized carbons (Fsp3) is 0.308. The molecule has 8 heteroatoms. The molecule has 0 spiro atoms. The summed E-state index contributed by atoms with van der Waals surface area (Å²) in [5, 5.41) is 11.7. The Bertz CT molecular complexity index is 653. The van der Waals surface area contributed by atoms with Crippen LogP contribution >= 0.6 is 12.0 Å². The third-order valence-electron chi connectivity index (χ3n) is 3.23. The van der Waals surface area contributed by atoms with Crippen molar-refractivity contribution in [3.05, 3.63) is 46.4 Å². The highest BCUT2D eigenvalue weighted by atomic mass is 32.2. The van der Waals surface area contributed by atoms with E-state index < -0.39 is 0 Å². The molecule has 0 aliphatic carbocycles. The molecule has 1 heterocycles. The summed E-state index contributed by atoms with van der Waals surface area (Å²) in [6.07, 6.45) is 0. The van der Waals surface area contributed by atoms with Crippen LogP contribution in [0.3, 0.4) is 0 Å². The van der Waals surface area contributed by atoms with Crippen LogP contribution in [0.25, 0.3) is 5.69 Å². The normalized spacial score (nSPS) is 10.9. The summed E-state index contributed by atoms with van der Waals surface area (Å²) in [5.41, 5.74) is 2.08. The third-order valence-corrected chi connectivity index (χ3v) is 3.88. The van der Waals surface area contributed by atoms with E-state index in [1.165, 1.54) is 0 Å². The Balaban J connectivity index is 2.39.